The first-order chi connectivity index (χ1) is 11.0. The molecule has 126 valence electrons. The maximum absolute atomic E-state index is 12.3. The zero-order chi connectivity index (χ0) is 16.3. The molecule has 0 aliphatic carbocycles. The minimum absolute atomic E-state index is 0.146. The zero-order valence-electron chi connectivity index (χ0n) is 12.5. The van der Waals surface area contributed by atoms with E-state index in [1.54, 1.807) is 0 Å². The lowest BCUT2D eigenvalue weighted by Gasteiger charge is -2.28. The Bertz CT molecular complexity index is 672. The van der Waals surface area contributed by atoms with Gasteiger partial charge in [-0.15, -0.1) is 0 Å². The largest absolute Gasteiger partial charge is 0.377 e. The molecular weight excluding hydrogens is 340 g/mol. The van der Waals surface area contributed by atoms with Crippen molar-refractivity contribution in [2.45, 2.75) is 23.8 Å². The monoisotopic (exact) mass is 358 g/mol. The van der Waals surface area contributed by atoms with E-state index in [0.717, 1.165) is 26.0 Å². The van der Waals surface area contributed by atoms with Crippen molar-refractivity contribution in [1.82, 2.24) is 14.9 Å². The number of guanidine groups is 1. The van der Waals surface area contributed by atoms with Crippen molar-refractivity contribution < 1.29 is 13.2 Å². The topological polar surface area (TPSA) is 83.0 Å². The van der Waals surface area contributed by atoms with Crippen LogP contribution in [0.1, 0.15) is 12.8 Å². The molecular formula is C14H19ClN4O3S. The Morgan fingerprint density at radius 3 is 2.78 bits per heavy atom. The number of aliphatic imine (C=N–C) groups is 1. The molecule has 1 aromatic carbocycles. The molecule has 2 aliphatic rings. The summed E-state index contributed by atoms with van der Waals surface area (Å²) in [4.78, 5) is 6.47. The number of benzene rings is 1. The van der Waals surface area contributed by atoms with Crippen LogP contribution in [-0.2, 0) is 14.8 Å². The van der Waals surface area contributed by atoms with Gasteiger partial charge in [-0.2, -0.15) is 0 Å². The van der Waals surface area contributed by atoms with Gasteiger partial charge >= 0.3 is 0 Å². The minimum atomic E-state index is -3.66. The Balaban J connectivity index is 1.58. The fraction of sp³-hybridized carbons (Fsp3) is 0.500. The van der Waals surface area contributed by atoms with Crippen LogP contribution in [0.3, 0.4) is 0 Å². The van der Waals surface area contributed by atoms with Gasteiger partial charge in [0.1, 0.15) is 0 Å². The highest BCUT2D eigenvalue weighted by molar-refractivity contribution is 7.90. The number of ether oxygens (including phenoxy) is 1. The zero-order valence-corrected chi connectivity index (χ0v) is 14.1. The number of halogens is 1. The van der Waals surface area contributed by atoms with Gasteiger partial charge in [0.2, 0.25) is 5.96 Å². The molecule has 7 nitrogen and oxygen atoms in total. The van der Waals surface area contributed by atoms with Gasteiger partial charge in [-0.3, -0.25) is 4.90 Å². The van der Waals surface area contributed by atoms with Crippen molar-refractivity contribution in [2.75, 3.05) is 26.5 Å². The summed E-state index contributed by atoms with van der Waals surface area (Å²) in [6, 6.07) is 5.99. The Morgan fingerprint density at radius 2 is 2.17 bits per heavy atom. The van der Waals surface area contributed by atoms with Crippen molar-refractivity contribution in [1.29, 1.82) is 0 Å². The number of hydrogen-bond acceptors (Lipinski definition) is 6. The van der Waals surface area contributed by atoms with Crippen LogP contribution in [0.25, 0.3) is 0 Å². The summed E-state index contributed by atoms with van der Waals surface area (Å²) in [5.41, 5.74) is 0. The summed E-state index contributed by atoms with van der Waals surface area (Å²) in [5.74, 6) is 0.253. The highest BCUT2D eigenvalue weighted by Crippen LogP contribution is 2.15. The summed E-state index contributed by atoms with van der Waals surface area (Å²) in [5, 5.41) is 3.47. The summed E-state index contributed by atoms with van der Waals surface area (Å²) >= 11 is 5.77. The van der Waals surface area contributed by atoms with Crippen LogP contribution in [0.2, 0.25) is 5.02 Å². The SMILES string of the molecule is O=S(=O)(NC1=NCN(C[C@@H]2CCCO2)CN1)c1ccc(Cl)cc1. The van der Waals surface area contributed by atoms with Gasteiger partial charge in [0.05, 0.1) is 24.3 Å². The molecule has 0 saturated carbocycles. The van der Waals surface area contributed by atoms with Gasteiger partial charge in [0.15, 0.2) is 0 Å². The van der Waals surface area contributed by atoms with E-state index >= 15 is 0 Å². The van der Waals surface area contributed by atoms with Crippen molar-refractivity contribution >= 4 is 27.6 Å². The molecule has 1 saturated heterocycles. The second kappa shape index (κ2) is 7.04. The van der Waals surface area contributed by atoms with E-state index in [9.17, 15) is 8.42 Å². The highest BCUT2D eigenvalue weighted by Gasteiger charge is 2.23. The van der Waals surface area contributed by atoms with Gasteiger partial charge in [0.25, 0.3) is 10.0 Å². The highest BCUT2D eigenvalue weighted by atomic mass is 35.5. The third kappa shape index (κ3) is 4.35. The lowest BCUT2D eigenvalue weighted by Crippen LogP contribution is -2.51. The summed E-state index contributed by atoms with van der Waals surface area (Å²) in [6.07, 6.45) is 2.41. The summed E-state index contributed by atoms with van der Waals surface area (Å²) < 4.78 is 32.6. The smallest absolute Gasteiger partial charge is 0.264 e. The van der Waals surface area contributed by atoms with Gasteiger partial charge in [0, 0.05) is 18.2 Å². The predicted octanol–water partition coefficient (Wildman–Crippen LogP) is 0.974. The van der Waals surface area contributed by atoms with E-state index in [1.165, 1.54) is 24.3 Å². The summed E-state index contributed by atoms with van der Waals surface area (Å²) in [6.45, 7) is 2.59. The average molecular weight is 359 g/mol. The molecule has 23 heavy (non-hydrogen) atoms. The van der Waals surface area contributed by atoms with E-state index in [1.807, 2.05) is 0 Å². The number of sulfonamides is 1. The number of nitrogens with zero attached hydrogens (tertiary/aromatic N) is 2. The van der Waals surface area contributed by atoms with Crippen LogP contribution >= 0.6 is 11.6 Å². The molecule has 1 aromatic rings. The van der Waals surface area contributed by atoms with Crippen LogP contribution in [0.5, 0.6) is 0 Å². The average Bonchev–Trinajstić information content (AvgIpc) is 3.02. The molecule has 0 radical (unpaired) electrons. The molecule has 9 heteroatoms. The predicted molar refractivity (Wildman–Crippen MR) is 87.8 cm³/mol. The first kappa shape index (κ1) is 16.5. The number of hydrogen-bond donors (Lipinski definition) is 2. The molecule has 0 aromatic heterocycles. The fourth-order valence-corrected chi connectivity index (χ4v) is 3.66. The quantitative estimate of drug-likeness (QED) is 0.838. The first-order valence-corrected chi connectivity index (χ1v) is 9.30. The third-order valence-corrected chi connectivity index (χ3v) is 5.35. The third-order valence-electron chi connectivity index (χ3n) is 3.74. The fourth-order valence-electron chi connectivity index (χ4n) is 2.53. The van der Waals surface area contributed by atoms with E-state index in [0.29, 0.717) is 18.4 Å². The maximum atomic E-state index is 12.3. The van der Waals surface area contributed by atoms with Crippen molar-refractivity contribution in [2.24, 2.45) is 4.99 Å². The van der Waals surface area contributed by atoms with Crippen LogP contribution in [0.15, 0.2) is 34.2 Å². The molecule has 0 amide bonds. The van der Waals surface area contributed by atoms with Crippen molar-refractivity contribution in [3.05, 3.63) is 29.3 Å². The van der Waals surface area contributed by atoms with Crippen LogP contribution in [0, 0.1) is 0 Å². The lowest BCUT2D eigenvalue weighted by molar-refractivity contribution is 0.0714. The second-order valence-electron chi connectivity index (χ2n) is 5.53. The van der Waals surface area contributed by atoms with Gasteiger partial charge in [-0.25, -0.2) is 18.1 Å². The van der Waals surface area contributed by atoms with E-state index in [4.69, 9.17) is 16.3 Å². The van der Waals surface area contributed by atoms with E-state index < -0.39 is 10.0 Å². The van der Waals surface area contributed by atoms with Crippen LogP contribution in [-0.4, -0.2) is 51.9 Å². The summed E-state index contributed by atoms with van der Waals surface area (Å²) in [7, 11) is -3.66. The Labute approximate surface area is 140 Å². The number of nitrogens with one attached hydrogen (secondary N) is 2. The molecule has 3 rings (SSSR count). The Hall–Kier alpha value is -1.35. The number of rotatable bonds is 4. The molecule has 0 bridgehead atoms. The first-order valence-electron chi connectivity index (χ1n) is 7.43. The molecule has 0 spiro atoms. The Kier molecular flexibility index (Phi) is 5.05. The molecule has 0 unspecified atom stereocenters. The van der Waals surface area contributed by atoms with Crippen LogP contribution < -0.4 is 10.0 Å². The van der Waals surface area contributed by atoms with Crippen molar-refractivity contribution in [3.63, 3.8) is 0 Å². The lowest BCUT2D eigenvalue weighted by atomic mass is 10.2. The molecule has 2 aliphatic heterocycles. The normalized spacial score (nSPS) is 22.5. The van der Waals surface area contributed by atoms with Gasteiger partial charge in [-0.1, -0.05) is 11.6 Å². The molecule has 1 atom stereocenters. The minimum Gasteiger partial charge on any atom is -0.377 e. The van der Waals surface area contributed by atoms with E-state index in [2.05, 4.69) is 19.9 Å². The molecule has 1 fully saturated rings. The molecule has 2 N–H and O–H groups in total. The van der Waals surface area contributed by atoms with Gasteiger partial charge < -0.3 is 10.1 Å². The molecule has 2 heterocycles. The second-order valence-corrected chi connectivity index (χ2v) is 7.65. The van der Waals surface area contributed by atoms with E-state index in [-0.39, 0.29) is 17.0 Å². The van der Waals surface area contributed by atoms with Crippen molar-refractivity contribution in [3.8, 4) is 0 Å². The Morgan fingerprint density at radius 1 is 1.39 bits per heavy atom. The standard InChI is InChI=1S/C14H19ClN4O3S/c15-11-3-5-13(6-4-11)23(20,21)18-14-16-9-19(10-17-14)8-12-2-1-7-22-12/h3-6,12H,1-2,7-10H2,(H2,16,17,18)/t12-/m0/s1. The maximum Gasteiger partial charge on any atom is 0.264 e. The van der Waals surface area contributed by atoms with Crippen LogP contribution in [0.4, 0.5) is 0 Å². The van der Waals surface area contributed by atoms with Gasteiger partial charge in [-0.05, 0) is 37.1 Å².